The molecule has 1 aliphatic rings. The van der Waals surface area contributed by atoms with E-state index in [1.165, 1.54) is 0 Å². The fraction of sp³-hybridized carbons (Fsp3) is 0.421. The van der Waals surface area contributed by atoms with Crippen LogP contribution in [-0.2, 0) is 20.6 Å². The van der Waals surface area contributed by atoms with Crippen LogP contribution in [-0.4, -0.2) is 42.9 Å². The Hall–Kier alpha value is -2.47. The Labute approximate surface area is 147 Å². The number of Topliss-reactive ketones (excluding diaryl/α,β-unsaturated/α-hetero) is 1. The Morgan fingerprint density at radius 1 is 1.28 bits per heavy atom. The Bertz CT molecular complexity index is 910. The molecule has 0 amide bonds. The van der Waals surface area contributed by atoms with Gasteiger partial charge in [0.15, 0.2) is 5.82 Å². The third-order valence-corrected chi connectivity index (χ3v) is 5.16. The van der Waals surface area contributed by atoms with Gasteiger partial charge in [-0.05, 0) is 31.5 Å². The van der Waals surface area contributed by atoms with Crippen LogP contribution in [0, 0.1) is 5.92 Å². The smallest absolute Gasteiger partial charge is 0.202 e. The largest absolute Gasteiger partial charge is 0.332 e. The van der Waals surface area contributed by atoms with Crippen molar-refractivity contribution in [2.45, 2.75) is 19.4 Å². The Morgan fingerprint density at radius 2 is 2.12 bits per heavy atom. The molecule has 130 valence electrons. The van der Waals surface area contributed by atoms with Crippen LogP contribution in [0.4, 0.5) is 0 Å². The summed E-state index contributed by atoms with van der Waals surface area (Å²) in [4.78, 5) is 24.1. The second-order valence-electron chi connectivity index (χ2n) is 6.88. The van der Waals surface area contributed by atoms with Crippen molar-refractivity contribution in [2.75, 3.05) is 13.1 Å². The van der Waals surface area contributed by atoms with Crippen molar-refractivity contribution in [1.82, 2.24) is 24.0 Å². The molecule has 0 unspecified atom stereocenters. The summed E-state index contributed by atoms with van der Waals surface area (Å²) in [7, 11) is 3.94. The zero-order chi connectivity index (χ0) is 17.4. The van der Waals surface area contributed by atoms with E-state index in [0.717, 1.165) is 49.3 Å². The SMILES string of the molecule is Cn1ccnc1C(=O)[C@@H]1CCCN(Cc2nc3ccccc3n2C)C1. The molecule has 1 fully saturated rings. The first-order valence-corrected chi connectivity index (χ1v) is 8.77. The number of likely N-dealkylation sites (tertiary alicyclic amines) is 1. The highest BCUT2D eigenvalue weighted by atomic mass is 16.1. The monoisotopic (exact) mass is 337 g/mol. The molecule has 4 rings (SSSR count). The molecule has 0 N–H and O–H groups in total. The maximum Gasteiger partial charge on any atom is 0.202 e. The third-order valence-electron chi connectivity index (χ3n) is 5.16. The third kappa shape index (κ3) is 2.98. The van der Waals surface area contributed by atoms with E-state index in [1.54, 1.807) is 6.20 Å². The Kier molecular flexibility index (Phi) is 4.13. The summed E-state index contributed by atoms with van der Waals surface area (Å²) >= 11 is 0. The van der Waals surface area contributed by atoms with Crippen molar-refractivity contribution < 1.29 is 4.79 Å². The van der Waals surface area contributed by atoms with Gasteiger partial charge in [0.1, 0.15) is 5.82 Å². The van der Waals surface area contributed by atoms with Crippen molar-refractivity contribution in [2.24, 2.45) is 20.0 Å². The number of nitrogens with zero attached hydrogens (tertiary/aromatic N) is 5. The summed E-state index contributed by atoms with van der Waals surface area (Å²) in [5.41, 5.74) is 2.17. The van der Waals surface area contributed by atoms with Crippen LogP contribution >= 0.6 is 0 Å². The minimum Gasteiger partial charge on any atom is -0.332 e. The van der Waals surface area contributed by atoms with Crippen molar-refractivity contribution in [3.8, 4) is 0 Å². The molecule has 1 atom stereocenters. The zero-order valence-electron chi connectivity index (χ0n) is 14.7. The highest BCUT2D eigenvalue weighted by Gasteiger charge is 2.29. The van der Waals surface area contributed by atoms with Crippen LogP contribution in [0.1, 0.15) is 29.3 Å². The number of aromatic nitrogens is 4. The predicted molar refractivity (Wildman–Crippen MR) is 96.3 cm³/mol. The predicted octanol–water partition coefficient (Wildman–Crippen LogP) is 2.40. The van der Waals surface area contributed by atoms with E-state index >= 15 is 0 Å². The molecule has 0 bridgehead atoms. The number of carbonyl (C=O) groups excluding carboxylic acids is 1. The van der Waals surface area contributed by atoms with Crippen LogP contribution in [0.5, 0.6) is 0 Å². The molecule has 2 aromatic heterocycles. The number of rotatable bonds is 4. The maximum atomic E-state index is 12.8. The standard InChI is InChI=1S/C19H23N5O/c1-22-11-9-20-19(22)18(25)14-6-5-10-24(12-14)13-17-21-15-7-3-4-8-16(15)23(17)2/h3-4,7-9,11,14H,5-6,10,12-13H2,1-2H3/t14-/m1/s1. The van der Waals surface area contributed by atoms with E-state index in [-0.39, 0.29) is 11.7 Å². The Balaban J connectivity index is 1.50. The highest BCUT2D eigenvalue weighted by molar-refractivity contribution is 5.95. The van der Waals surface area contributed by atoms with Crippen molar-refractivity contribution in [1.29, 1.82) is 0 Å². The lowest BCUT2D eigenvalue weighted by Crippen LogP contribution is -2.39. The first-order chi connectivity index (χ1) is 12.1. The minimum atomic E-state index is 0.0181. The van der Waals surface area contributed by atoms with Gasteiger partial charge >= 0.3 is 0 Å². The number of benzene rings is 1. The molecule has 0 saturated carbocycles. The fourth-order valence-electron chi connectivity index (χ4n) is 3.74. The van der Waals surface area contributed by atoms with Gasteiger partial charge in [0.05, 0.1) is 17.6 Å². The lowest BCUT2D eigenvalue weighted by molar-refractivity contribution is 0.0793. The molecular formula is C19H23N5O. The summed E-state index contributed by atoms with van der Waals surface area (Å²) in [6, 6.07) is 8.19. The molecule has 1 aromatic carbocycles. The normalized spacial score (nSPS) is 18.7. The number of hydrogen-bond donors (Lipinski definition) is 0. The van der Waals surface area contributed by atoms with Crippen LogP contribution in [0.3, 0.4) is 0 Å². The van der Waals surface area contributed by atoms with Crippen molar-refractivity contribution in [3.63, 3.8) is 0 Å². The average molecular weight is 337 g/mol. The number of piperidine rings is 1. The van der Waals surface area contributed by atoms with E-state index < -0.39 is 0 Å². The first-order valence-electron chi connectivity index (χ1n) is 8.77. The zero-order valence-corrected chi connectivity index (χ0v) is 14.7. The summed E-state index contributed by atoms with van der Waals surface area (Å²) in [5.74, 6) is 1.78. The second-order valence-corrected chi connectivity index (χ2v) is 6.88. The molecule has 6 nitrogen and oxygen atoms in total. The number of aryl methyl sites for hydroxylation is 2. The summed E-state index contributed by atoms with van der Waals surface area (Å²) in [5, 5.41) is 0. The number of imidazole rings is 2. The molecule has 3 aromatic rings. The van der Waals surface area contributed by atoms with Gasteiger partial charge in [-0.2, -0.15) is 0 Å². The molecule has 0 spiro atoms. The van der Waals surface area contributed by atoms with Gasteiger partial charge in [-0.3, -0.25) is 9.69 Å². The average Bonchev–Trinajstić information content (AvgIpc) is 3.19. The molecule has 6 heteroatoms. The van der Waals surface area contributed by atoms with Crippen LogP contribution in [0.25, 0.3) is 11.0 Å². The quantitative estimate of drug-likeness (QED) is 0.686. The van der Waals surface area contributed by atoms with Crippen molar-refractivity contribution >= 4 is 16.8 Å². The van der Waals surface area contributed by atoms with Gasteiger partial charge in [-0.1, -0.05) is 12.1 Å². The van der Waals surface area contributed by atoms with Gasteiger partial charge in [-0.25, -0.2) is 9.97 Å². The summed E-state index contributed by atoms with van der Waals surface area (Å²) in [6.07, 6.45) is 5.48. The van der Waals surface area contributed by atoms with E-state index in [4.69, 9.17) is 4.98 Å². The molecular weight excluding hydrogens is 314 g/mol. The van der Waals surface area contributed by atoms with E-state index in [2.05, 4.69) is 27.6 Å². The molecule has 1 aliphatic heterocycles. The van der Waals surface area contributed by atoms with Gasteiger partial charge in [0.2, 0.25) is 5.78 Å². The lowest BCUT2D eigenvalue weighted by atomic mass is 9.93. The topological polar surface area (TPSA) is 56.0 Å². The summed E-state index contributed by atoms with van der Waals surface area (Å²) in [6.45, 7) is 2.55. The highest BCUT2D eigenvalue weighted by Crippen LogP contribution is 2.23. The van der Waals surface area contributed by atoms with E-state index in [1.807, 2.05) is 36.0 Å². The van der Waals surface area contributed by atoms with Gasteiger partial charge < -0.3 is 9.13 Å². The first kappa shape index (κ1) is 16.0. The number of ketones is 1. The van der Waals surface area contributed by atoms with Crippen molar-refractivity contribution in [3.05, 3.63) is 48.3 Å². The van der Waals surface area contributed by atoms with E-state index in [0.29, 0.717) is 5.82 Å². The number of para-hydroxylation sites is 2. The fourth-order valence-corrected chi connectivity index (χ4v) is 3.74. The molecule has 1 saturated heterocycles. The lowest BCUT2D eigenvalue weighted by Gasteiger charge is -2.31. The number of fused-ring (bicyclic) bond motifs is 1. The molecule has 0 aliphatic carbocycles. The van der Waals surface area contributed by atoms with E-state index in [9.17, 15) is 4.79 Å². The van der Waals surface area contributed by atoms with Gasteiger partial charge in [0, 0.05) is 39.0 Å². The summed E-state index contributed by atoms with van der Waals surface area (Å²) < 4.78 is 3.96. The molecule has 3 heterocycles. The molecule has 25 heavy (non-hydrogen) atoms. The van der Waals surface area contributed by atoms with Gasteiger partial charge in [-0.15, -0.1) is 0 Å². The molecule has 0 radical (unpaired) electrons. The number of carbonyl (C=O) groups is 1. The van der Waals surface area contributed by atoms with Gasteiger partial charge in [0.25, 0.3) is 0 Å². The number of hydrogen-bond acceptors (Lipinski definition) is 4. The minimum absolute atomic E-state index is 0.0181. The Morgan fingerprint density at radius 3 is 2.88 bits per heavy atom. The van der Waals surface area contributed by atoms with Crippen LogP contribution in [0.15, 0.2) is 36.7 Å². The second kappa shape index (κ2) is 6.44. The van der Waals surface area contributed by atoms with Crippen LogP contribution in [0.2, 0.25) is 0 Å². The maximum absolute atomic E-state index is 12.8. The van der Waals surface area contributed by atoms with Crippen LogP contribution < -0.4 is 0 Å².